The molecule has 3 amide bonds. The number of nitrogens with one attached hydrogen (secondary N) is 3. The lowest BCUT2D eigenvalue weighted by Crippen LogP contribution is -2.58. The van der Waals surface area contributed by atoms with Crippen LogP contribution in [0.15, 0.2) is 40.9 Å². The summed E-state index contributed by atoms with van der Waals surface area (Å²) in [6.45, 7) is 9.59. The van der Waals surface area contributed by atoms with Crippen LogP contribution in [-0.4, -0.2) is 72.7 Å². The van der Waals surface area contributed by atoms with Crippen molar-refractivity contribution in [3.8, 4) is 0 Å². The number of amides is 3. The first kappa shape index (κ1) is 31.0. The molecule has 0 spiro atoms. The summed E-state index contributed by atoms with van der Waals surface area (Å²) in [5.74, 6) is -1.25. The first-order valence-electron chi connectivity index (χ1n) is 13.5. The van der Waals surface area contributed by atoms with Crippen molar-refractivity contribution in [3.05, 3.63) is 53.4 Å². The predicted molar refractivity (Wildman–Crippen MR) is 147 cm³/mol. The number of methoxy groups -OCH3 is 1. The lowest BCUT2D eigenvalue weighted by atomic mass is 9.93. The van der Waals surface area contributed by atoms with Crippen molar-refractivity contribution >= 4 is 23.5 Å². The SMILES string of the molecule is COC[C@H](NC(=O)c1cc(C(C)C)on1)C(=O)N[C@@H](Cc1ccccc1)C(=O)N[C@@H](CC(C)C)C(=O)[C@]1(C)CO1. The lowest BCUT2D eigenvalue weighted by Gasteiger charge is -2.26. The molecule has 218 valence electrons. The van der Waals surface area contributed by atoms with Crippen LogP contribution in [0.2, 0.25) is 0 Å². The highest BCUT2D eigenvalue weighted by molar-refractivity contribution is 5.99. The van der Waals surface area contributed by atoms with Gasteiger partial charge in [-0.1, -0.05) is 63.2 Å². The van der Waals surface area contributed by atoms with E-state index in [9.17, 15) is 19.2 Å². The zero-order valence-corrected chi connectivity index (χ0v) is 24.0. The summed E-state index contributed by atoms with van der Waals surface area (Å²) in [6.07, 6.45) is 0.595. The molecule has 1 fully saturated rings. The van der Waals surface area contributed by atoms with Gasteiger partial charge in [-0.3, -0.25) is 19.2 Å². The van der Waals surface area contributed by atoms with Crippen LogP contribution in [0, 0.1) is 5.92 Å². The van der Waals surface area contributed by atoms with Crippen molar-refractivity contribution in [2.24, 2.45) is 5.92 Å². The highest BCUT2D eigenvalue weighted by Gasteiger charge is 2.50. The van der Waals surface area contributed by atoms with E-state index in [-0.39, 0.29) is 36.3 Å². The van der Waals surface area contributed by atoms with Gasteiger partial charge >= 0.3 is 0 Å². The number of Topliss-reactive ketones (excluding diaryl/α,β-unsaturated/α-hetero) is 1. The molecule has 1 aliphatic heterocycles. The number of ether oxygens (including phenoxy) is 2. The number of rotatable bonds is 15. The monoisotopic (exact) mass is 556 g/mol. The molecule has 3 rings (SSSR count). The fraction of sp³-hybridized carbons (Fsp3) is 0.552. The summed E-state index contributed by atoms with van der Waals surface area (Å²) >= 11 is 0. The molecular formula is C29H40N4O7. The fourth-order valence-corrected chi connectivity index (χ4v) is 4.18. The first-order chi connectivity index (χ1) is 18.9. The van der Waals surface area contributed by atoms with Crippen LogP contribution in [-0.2, 0) is 30.3 Å². The molecule has 2 heterocycles. The van der Waals surface area contributed by atoms with Crippen LogP contribution in [0.3, 0.4) is 0 Å². The summed E-state index contributed by atoms with van der Waals surface area (Å²) in [7, 11) is 1.40. The molecule has 0 unspecified atom stereocenters. The minimum atomic E-state index is -1.12. The second kappa shape index (κ2) is 13.7. The Hall–Kier alpha value is -3.57. The van der Waals surface area contributed by atoms with E-state index in [2.05, 4.69) is 21.1 Å². The van der Waals surface area contributed by atoms with Crippen LogP contribution in [0.4, 0.5) is 0 Å². The van der Waals surface area contributed by atoms with Crippen LogP contribution in [0.1, 0.15) is 68.8 Å². The molecule has 2 aromatic rings. The Morgan fingerprint density at radius 1 is 0.975 bits per heavy atom. The smallest absolute Gasteiger partial charge is 0.274 e. The number of hydrogen-bond acceptors (Lipinski definition) is 8. The third-order valence-electron chi connectivity index (χ3n) is 6.64. The molecule has 40 heavy (non-hydrogen) atoms. The van der Waals surface area contributed by atoms with E-state index < -0.39 is 41.4 Å². The Kier molecular flexibility index (Phi) is 10.6. The molecule has 1 saturated heterocycles. The fourth-order valence-electron chi connectivity index (χ4n) is 4.18. The number of hydrogen-bond donors (Lipinski definition) is 3. The van der Waals surface area contributed by atoms with Gasteiger partial charge < -0.3 is 29.9 Å². The average molecular weight is 557 g/mol. The van der Waals surface area contributed by atoms with Gasteiger partial charge in [0.25, 0.3) is 5.91 Å². The van der Waals surface area contributed by atoms with E-state index in [1.54, 1.807) is 6.92 Å². The number of benzene rings is 1. The maximum absolute atomic E-state index is 13.6. The Labute approximate surface area is 234 Å². The Balaban J connectivity index is 1.78. The molecule has 0 saturated carbocycles. The molecule has 0 radical (unpaired) electrons. The number of nitrogens with zero attached hydrogens (tertiary/aromatic N) is 1. The molecule has 1 aromatic heterocycles. The molecule has 0 bridgehead atoms. The van der Waals surface area contributed by atoms with Crippen molar-refractivity contribution in [2.45, 2.75) is 77.1 Å². The topological polar surface area (TPSA) is 152 Å². The number of aromatic nitrogens is 1. The highest BCUT2D eigenvalue weighted by atomic mass is 16.6. The summed E-state index contributed by atoms with van der Waals surface area (Å²) in [6, 6.07) is 7.80. The van der Waals surface area contributed by atoms with E-state index in [4.69, 9.17) is 14.0 Å². The number of ketones is 1. The van der Waals surface area contributed by atoms with Crippen LogP contribution in [0.25, 0.3) is 0 Å². The minimum absolute atomic E-state index is 0.0296. The summed E-state index contributed by atoms with van der Waals surface area (Å²) < 4.78 is 15.7. The molecule has 4 atom stereocenters. The molecule has 11 nitrogen and oxygen atoms in total. The molecule has 0 aliphatic carbocycles. The zero-order valence-electron chi connectivity index (χ0n) is 24.0. The van der Waals surface area contributed by atoms with Crippen LogP contribution in [0.5, 0.6) is 0 Å². The average Bonchev–Trinajstić information content (AvgIpc) is 3.45. The lowest BCUT2D eigenvalue weighted by molar-refractivity contribution is -0.133. The van der Waals surface area contributed by atoms with Crippen molar-refractivity contribution in [3.63, 3.8) is 0 Å². The maximum Gasteiger partial charge on any atom is 0.274 e. The number of carbonyl (C=O) groups is 4. The van der Waals surface area contributed by atoms with E-state index in [0.29, 0.717) is 18.8 Å². The van der Waals surface area contributed by atoms with Crippen molar-refractivity contribution in [2.75, 3.05) is 20.3 Å². The summed E-state index contributed by atoms with van der Waals surface area (Å²) in [5, 5.41) is 12.0. The van der Waals surface area contributed by atoms with Crippen LogP contribution < -0.4 is 16.0 Å². The van der Waals surface area contributed by atoms with Gasteiger partial charge in [0.05, 0.1) is 19.3 Å². The van der Waals surface area contributed by atoms with E-state index >= 15 is 0 Å². The largest absolute Gasteiger partial charge is 0.382 e. The third-order valence-corrected chi connectivity index (χ3v) is 6.64. The van der Waals surface area contributed by atoms with Gasteiger partial charge in [-0.05, 0) is 24.8 Å². The number of carbonyl (C=O) groups excluding carboxylic acids is 4. The molecule has 11 heteroatoms. The first-order valence-corrected chi connectivity index (χ1v) is 13.5. The van der Waals surface area contributed by atoms with Gasteiger partial charge in [0.2, 0.25) is 11.8 Å². The van der Waals surface area contributed by atoms with Gasteiger partial charge in [-0.15, -0.1) is 0 Å². The van der Waals surface area contributed by atoms with E-state index in [0.717, 1.165) is 5.56 Å². The zero-order chi connectivity index (χ0) is 29.4. The van der Waals surface area contributed by atoms with Gasteiger partial charge in [0, 0.05) is 25.5 Å². The molecule has 1 aromatic carbocycles. The van der Waals surface area contributed by atoms with Crippen LogP contribution >= 0.6 is 0 Å². The van der Waals surface area contributed by atoms with Gasteiger partial charge in [0.1, 0.15) is 23.4 Å². The van der Waals surface area contributed by atoms with E-state index in [1.807, 2.05) is 58.0 Å². The minimum Gasteiger partial charge on any atom is -0.382 e. The quantitative estimate of drug-likeness (QED) is 0.282. The summed E-state index contributed by atoms with van der Waals surface area (Å²) in [5.41, 5.74) is -0.0691. The third kappa shape index (κ3) is 8.46. The normalized spacial score (nSPS) is 18.6. The van der Waals surface area contributed by atoms with E-state index in [1.165, 1.54) is 13.2 Å². The second-order valence-corrected chi connectivity index (χ2v) is 11.1. The van der Waals surface area contributed by atoms with Gasteiger partial charge in [-0.2, -0.15) is 0 Å². The molecule has 3 N–H and O–H groups in total. The van der Waals surface area contributed by atoms with Gasteiger partial charge in [0.15, 0.2) is 11.5 Å². The Bertz CT molecular complexity index is 1170. The molecular weight excluding hydrogens is 516 g/mol. The van der Waals surface area contributed by atoms with Crippen molar-refractivity contribution < 1.29 is 33.2 Å². The highest BCUT2D eigenvalue weighted by Crippen LogP contribution is 2.29. The van der Waals surface area contributed by atoms with Gasteiger partial charge in [-0.25, -0.2) is 0 Å². The summed E-state index contributed by atoms with van der Waals surface area (Å²) in [4.78, 5) is 52.8. The predicted octanol–water partition coefficient (Wildman–Crippen LogP) is 2.16. The second-order valence-electron chi connectivity index (χ2n) is 11.1. The Morgan fingerprint density at radius 3 is 2.15 bits per heavy atom. The van der Waals surface area contributed by atoms with Crippen molar-refractivity contribution in [1.82, 2.24) is 21.1 Å². The molecule has 1 aliphatic rings. The van der Waals surface area contributed by atoms with Crippen molar-refractivity contribution in [1.29, 1.82) is 0 Å². The number of epoxide rings is 1. The standard InChI is InChI=1S/C29H40N4O7/c1-17(2)12-20(25(34)29(5)16-39-29)30-26(35)21(13-19-10-8-7-9-11-19)31-28(37)23(15-38-6)32-27(36)22-14-24(18(3)4)40-33-22/h7-11,14,17-18,20-21,23H,12-13,15-16H2,1-6H3,(H,30,35)(H,31,37)(H,32,36)/t20-,21-,23-,29-/m0/s1. The maximum atomic E-state index is 13.6. The Morgan fingerprint density at radius 2 is 1.60 bits per heavy atom.